The van der Waals surface area contributed by atoms with Crippen molar-refractivity contribution >= 4 is 22.6 Å². The molecule has 0 aliphatic rings. The molecule has 1 aromatic carbocycles. The minimum absolute atomic E-state index is 0.390. The average Bonchev–Trinajstić information content (AvgIpc) is 2.25. The van der Waals surface area contributed by atoms with Gasteiger partial charge in [0.15, 0.2) is 0 Å². The Balaban J connectivity index is 2.33. The summed E-state index contributed by atoms with van der Waals surface area (Å²) in [5.41, 5.74) is 0.986. The molecule has 0 aromatic heterocycles. The van der Waals surface area contributed by atoms with Gasteiger partial charge in [-0.25, -0.2) is 0 Å². The van der Waals surface area contributed by atoms with Crippen LogP contribution in [0.15, 0.2) is 24.3 Å². The fourth-order valence-electron chi connectivity index (χ4n) is 1.34. The van der Waals surface area contributed by atoms with Gasteiger partial charge >= 0.3 is 0 Å². The number of aliphatic hydroxyl groups excluding tert-OH is 1. The van der Waals surface area contributed by atoms with E-state index in [0.29, 0.717) is 6.54 Å². The maximum absolute atomic E-state index is 9.85. The molecule has 15 heavy (non-hydrogen) atoms. The standard InChI is InChI=1S/C12H18INO/c1-2-3-8-14-9-12(15)10-4-6-11(13)7-5-10/h4-7,12,14-15H,2-3,8-9H2,1H3. The molecule has 0 spiro atoms. The van der Waals surface area contributed by atoms with Gasteiger partial charge in [-0.1, -0.05) is 25.5 Å². The van der Waals surface area contributed by atoms with E-state index < -0.39 is 0 Å². The summed E-state index contributed by atoms with van der Waals surface area (Å²) in [4.78, 5) is 0. The van der Waals surface area contributed by atoms with E-state index in [0.717, 1.165) is 12.1 Å². The summed E-state index contributed by atoms with van der Waals surface area (Å²) in [6, 6.07) is 8.00. The lowest BCUT2D eigenvalue weighted by Crippen LogP contribution is -2.22. The molecule has 2 nitrogen and oxygen atoms in total. The van der Waals surface area contributed by atoms with Crippen LogP contribution in [0.1, 0.15) is 31.4 Å². The van der Waals surface area contributed by atoms with Gasteiger partial charge in [-0.15, -0.1) is 0 Å². The summed E-state index contributed by atoms with van der Waals surface area (Å²) < 4.78 is 1.20. The highest BCUT2D eigenvalue weighted by Gasteiger charge is 2.05. The van der Waals surface area contributed by atoms with Gasteiger partial charge in [0.05, 0.1) is 6.10 Å². The normalized spacial score (nSPS) is 12.7. The minimum atomic E-state index is -0.390. The zero-order valence-electron chi connectivity index (χ0n) is 9.04. The van der Waals surface area contributed by atoms with Gasteiger partial charge in [-0.05, 0) is 53.3 Å². The molecule has 0 aliphatic carbocycles. The van der Waals surface area contributed by atoms with Crippen molar-refractivity contribution in [3.8, 4) is 0 Å². The Bertz CT molecular complexity index is 273. The Labute approximate surface area is 105 Å². The molecular formula is C12H18INO. The van der Waals surface area contributed by atoms with Crippen LogP contribution in [-0.2, 0) is 0 Å². The highest BCUT2D eigenvalue weighted by atomic mass is 127. The number of rotatable bonds is 6. The van der Waals surface area contributed by atoms with Gasteiger partial charge in [0, 0.05) is 10.1 Å². The zero-order valence-corrected chi connectivity index (χ0v) is 11.2. The monoisotopic (exact) mass is 319 g/mol. The number of unbranched alkanes of at least 4 members (excludes halogenated alkanes) is 1. The first-order chi connectivity index (χ1) is 7.24. The molecule has 1 atom stereocenters. The quantitative estimate of drug-likeness (QED) is 0.624. The summed E-state index contributed by atoms with van der Waals surface area (Å²) in [6.07, 6.45) is 1.96. The Morgan fingerprint density at radius 2 is 2.00 bits per heavy atom. The molecule has 3 heteroatoms. The summed E-state index contributed by atoms with van der Waals surface area (Å²) in [5.74, 6) is 0. The summed E-state index contributed by atoms with van der Waals surface area (Å²) in [7, 11) is 0. The number of halogens is 1. The van der Waals surface area contributed by atoms with E-state index >= 15 is 0 Å². The smallest absolute Gasteiger partial charge is 0.0914 e. The highest BCUT2D eigenvalue weighted by molar-refractivity contribution is 14.1. The van der Waals surface area contributed by atoms with Crippen LogP contribution in [-0.4, -0.2) is 18.2 Å². The van der Waals surface area contributed by atoms with Crippen molar-refractivity contribution in [1.29, 1.82) is 0 Å². The van der Waals surface area contributed by atoms with Crippen LogP contribution in [0.3, 0.4) is 0 Å². The number of hydrogen-bond acceptors (Lipinski definition) is 2. The first kappa shape index (κ1) is 12.9. The minimum Gasteiger partial charge on any atom is -0.387 e. The predicted octanol–water partition coefficient (Wildman–Crippen LogP) is 2.71. The molecule has 0 radical (unpaired) electrons. The van der Waals surface area contributed by atoms with Crippen LogP contribution in [0.4, 0.5) is 0 Å². The SMILES string of the molecule is CCCCNCC(O)c1ccc(I)cc1. The van der Waals surface area contributed by atoms with Gasteiger partial charge in [-0.2, -0.15) is 0 Å². The molecule has 0 aliphatic heterocycles. The third-order valence-corrected chi connectivity index (χ3v) is 3.02. The highest BCUT2D eigenvalue weighted by Crippen LogP contribution is 2.13. The van der Waals surface area contributed by atoms with E-state index in [4.69, 9.17) is 0 Å². The van der Waals surface area contributed by atoms with Gasteiger partial charge in [0.2, 0.25) is 0 Å². The van der Waals surface area contributed by atoms with E-state index in [1.807, 2.05) is 24.3 Å². The van der Waals surface area contributed by atoms with E-state index in [1.54, 1.807) is 0 Å². The van der Waals surface area contributed by atoms with E-state index in [2.05, 4.69) is 34.8 Å². The molecule has 0 bridgehead atoms. The molecule has 0 saturated carbocycles. The topological polar surface area (TPSA) is 32.3 Å². The van der Waals surface area contributed by atoms with Gasteiger partial charge < -0.3 is 10.4 Å². The molecule has 0 heterocycles. The molecule has 0 fully saturated rings. The third kappa shape index (κ3) is 4.95. The number of benzene rings is 1. The van der Waals surface area contributed by atoms with Crippen LogP contribution >= 0.6 is 22.6 Å². The first-order valence-electron chi connectivity index (χ1n) is 5.38. The third-order valence-electron chi connectivity index (χ3n) is 2.30. The van der Waals surface area contributed by atoms with Crippen molar-refractivity contribution in [3.63, 3.8) is 0 Å². The van der Waals surface area contributed by atoms with Crippen molar-refractivity contribution in [2.75, 3.05) is 13.1 Å². The summed E-state index contributed by atoms with van der Waals surface area (Å²) in [6.45, 7) is 3.79. The number of aliphatic hydroxyl groups is 1. The lowest BCUT2D eigenvalue weighted by molar-refractivity contribution is 0.175. The Morgan fingerprint density at radius 1 is 1.33 bits per heavy atom. The zero-order chi connectivity index (χ0) is 11.1. The molecule has 0 saturated heterocycles. The number of hydrogen-bond donors (Lipinski definition) is 2. The summed E-state index contributed by atoms with van der Waals surface area (Å²) >= 11 is 2.26. The molecule has 0 amide bonds. The van der Waals surface area contributed by atoms with Crippen molar-refractivity contribution in [2.24, 2.45) is 0 Å². The largest absolute Gasteiger partial charge is 0.387 e. The molecular weight excluding hydrogens is 301 g/mol. The van der Waals surface area contributed by atoms with Crippen LogP contribution in [0.25, 0.3) is 0 Å². The number of nitrogens with one attached hydrogen (secondary N) is 1. The molecule has 1 rings (SSSR count). The molecule has 84 valence electrons. The Hall–Kier alpha value is -0.130. The lowest BCUT2D eigenvalue weighted by atomic mass is 10.1. The van der Waals surface area contributed by atoms with Crippen LogP contribution in [0.2, 0.25) is 0 Å². The Kier molecular flexibility index (Phi) is 6.20. The van der Waals surface area contributed by atoms with Gasteiger partial charge in [-0.3, -0.25) is 0 Å². The lowest BCUT2D eigenvalue weighted by Gasteiger charge is -2.11. The van der Waals surface area contributed by atoms with Crippen molar-refractivity contribution in [2.45, 2.75) is 25.9 Å². The van der Waals surface area contributed by atoms with Crippen LogP contribution in [0.5, 0.6) is 0 Å². The van der Waals surface area contributed by atoms with Crippen molar-refractivity contribution in [1.82, 2.24) is 5.32 Å². The van der Waals surface area contributed by atoms with Gasteiger partial charge in [0.1, 0.15) is 0 Å². The second-order valence-corrected chi connectivity index (χ2v) is 4.87. The van der Waals surface area contributed by atoms with E-state index in [1.165, 1.54) is 16.4 Å². The average molecular weight is 319 g/mol. The molecule has 1 aromatic rings. The van der Waals surface area contributed by atoms with E-state index in [9.17, 15) is 5.11 Å². The fourth-order valence-corrected chi connectivity index (χ4v) is 1.70. The predicted molar refractivity (Wildman–Crippen MR) is 71.9 cm³/mol. The molecule has 1 unspecified atom stereocenters. The van der Waals surface area contributed by atoms with Crippen LogP contribution < -0.4 is 5.32 Å². The van der Waals surface area contributed by atoms with Gasteiger partial charge in [0.25, 0.3) is 0 Å². The van der Waals surface area contributed by atoms with Crippen molar-refractivity contribution < 1.29 is 5.11 Å². The second kappa shape index (κ2) is 7.19. The maximum atomic E-state index is 9.85. The van der Waals surface area contributed by atoms with Crippen LogP contribution in [0, 0.1) is 3.57 Å². The molecule has 2 N–H and O–H groups in total. The second-order valence-electron chi connectivity index (χ2n) is 3.63. The van der Waals surface area contributed by atoms with E-state index in [-0.39, 0.29) is 6.10 Å². The fraction of sp³-hybridized carbons (Fsp3) is 0.500. The van der Waals surface area contributed by atoms with Crippen molar-refractivity contribution in [3.05, 3.63) is 33.4 Å². The summed E-state index contributed by atoms with van der Waals surface area (Å²) in [5, 5.41) is 13.1. The maximum Gasteiger partial charge on any atom is 0.0914 e. The Morgan fingerprint density at radius 3 is 2.60 bits per heavy atom. The first-order valence-corrected chi connectivity index (χ1v) is 6.46.